The van der Waals surface area contributed by atoms with E-state index >= 15 is 0 Å². The lowest BCUT2D eigenvalue weighted by atomic mass is 9.96. The van der Waals surface area contributed by atoms with Gasteiger partial charge in [-0.15, -0.1) is 0 Å². The van der Waals surface area contributed by atoms with Crippen molar-refractivity contribution in [3.05, 3.63) is 58.7 Å². The van der Waals surface area contributed by atoms with E-state index < -0.39 is 0 Å². The number of nitrogens with one attached hydrogen (secondary N) is 2. The number of benzene rings is 2. The molecule has 164 valence electrons. The Morgan fingerprint density at radius 3 is 2.84 bits per heavy atom. The summed E-state index contributed by atoms with van der Waals surface area (Å²) in [4.78, 5) is 18.5. The zero-order valence-corrected chi connectivity index (χ0v) is 18.5. The fourth-order valence-electron chi connectivity index (χ4n) is 4.28. The minimum atomic E-state index is -0.180. The van der Waals surface area contributed by atoms with E-state index in [4.69, 9.17) is 22.1 Å². The number of anilines is 1. The van der Waals surface area contributed by atoms with Gasteiger partial charge in [0.25, 0.3) is 5.91 Å². The third-order valence-electron chi connectivity index (χ3n) is 6.19. The quantitative estimate of drug-likeness (QED) is 0.483. The molecule has 1 fully saturated rings. The number of nitrogen functional groups attached to an aromatic ring is 1. The zero-order chi connectivity index (χ0) is 21.8. The van der Waals surface area contributed by atoms with Crippen molar-refractivity contribution >= 4 is 34.1 Å². The maximum absolute atomic E-state index is 12.6. The normalized spacial score (nSPS) is 15.3. The van der Waals surface area contributed by atoms with Crippen LogP contribution in [-0.2, 0) is 6.42 Å². The van der Waals surface area contributed by atoms with E-state index in [1.54, 1.807) is 12.1 Å². The largest absolute Gasteiger partial charge is 0.496 e. The Balaban J connectivity index is 1.24. The molecule has 1 aliphatic rings. The SMILES string of the molecule is COc1cc(N)c(Cl)cc1C(=O)NCC1CCN(CCc2c[nH]c3ccccc23)CC1. The molecule has 4 rings (SSSR count). The molecule has 31 heavy (non-hydrogen) atoms. The molecular weight excluding hydrogens is 412 g/mol. The van der Waals surface area contributed by atoms with Crippen LogP contribution in [0.5, 0.6) is 5.75 Å². The fourth-order valence-corrected chi connectivity index (χ4v) is 4.44. The number of nitrogens with two attached hydrogens (primary N) is 1. The van der Waals surface area contributed by atoms with Crippen LogP contribution in [0, 0.1) is 5.92 Å². The van der Waals surface area contributed by atoms with Gasteiger partial charge in [0.1, 0.15) is 5.75 Å². The molecule has 0 radical (unpaired) electrons. The van der Waals surface area contributed by atoms with E-state index in [2.05, 4.69) is 45.7 Å². The highest BCUT2D eigenvalue weighted by Gasteiger charge is 2.21. The van der Waals surface area contributed by atoms with Crippen molar-refractivity contribution in [1.82, 2.24) is 15.2 Å². The Kier molecular flexibility index (Phi) is 6.68. The van der Waals surface area contributed by atoms with Gasteiger partial charge in [-0.25, -0.2) is 0 Å². The van der Waals surface area contributed by atoms with Gasteiger partial charge in [-0.1, -0.05) is 29.8 Å². The molecule has 0 spiro atoms. The number of piperidine rings is 1. The number of hydrogen-bond donors (Lipinski definition) is 3. The Morgan fingerprint density at radius 2 is 2.06 bits per heavy atom. The van der Waals surface area contributed by atoms with Crippen molar-refractivity contribution < 1.29 is 9.53 Å². The van der Waals surface area contributed by atoms with Gasteiger partial charge in [0.05, 0.1) is 23.4 Å². The number of ether oxygens (including phenoxy) is 1. The molecular formula is C24H29ClN4O2. The number of rotatable bonds is 7. The van der Waals surface area contributed by atoms with Gasteiger partial charge < -0.3 is 25.7 Å². The van der Waals surface area contributed by atoms with Gasteiger partial charge in [-0.3, -0.25) is 4.79 Å². The number of halogens is 1. The molecule has 1 amide bonds. The van der Waals surface area contributed by atoms with E-state index in [0.717, 1.165) is 38.9 Å². The van der Waals surface area contributed by atoms with Gasteiger partial charge in [0.2, 0.25) is 0 Å². The van der Waals surface area contributed by atoms with Crippen LogP contribution in [0.25, 0.3) is 10.9 Å². The minimum absolute atomic E-state index is 0.180. The van der Waals surface area contributed by atoms with E-state index in [1.165, 1.54) is 23.6 Å². The van der Waals surface area contributed by atoms with Crippen LogP contribution < -0.4 is 15.8 Å². The molecule has 0 bridgehead atoms. The third kappa shape index (κ3) is 4.97. The number of methoxy groups -OCH3 is 1. The Hall–Kier alpha value is -2.70. The highest BCUT2D eigenvalue weighted by molar-refractivity contribution is 6.33. The predicted molar refractivity (Wildman–Crippen MR) is 126 cm³/mol. The lowest BCUT2D eigenvalue weighted by Crippen LogP contribution is -2.39. The number of aromatic nitrogens is 1. The number of amides is 1. The van der Waals surface area contributed by atoms with Crippen molar-refractivity contribution in [1.29, 1.82) is 0 Å². The molecule has 0 atom stereocenters. The highest BCUT2D eigenvalue weighted by atomic mass is 35.5. The van der Waals surface area contributed by atoms with Crippen LogP contribution in [0.15, 0.2) is 42.6 Å². The monoisotopic (exact) mass is 440 g/mol. The van der Waals surface area contributed by atoms with Crippen LogP contribution in [0.4, 0.5) is 5.69 Å². The molecule has 3 aromatic rings. The minimum Gasteiger partial charge on any atom is -0.496 e. The first-order valence-corrected chi connectivity index (χ1v) is 11.1. The molecule has 1 aromatic heterocycles. The van der Waals surface area contributed by atoms with Crippen molar-refractivity contribution in [2.75, 3.05) is 39.0 Å². The van der Waals surface area contributed by atoms with Crippen molar-refractivity contribution in [2.45, 2.75) is 19.3 Å². The van der Waals surface area contributed by atoms with Crippen LogP contribution in [-0.4, -0.2) is 49.1 Å². The third-order valence-corrected chi connectivity index (χ3v) is 6.52. The summed E-state index contributed by atoms with van der Waals surface area (Å²) in [6, 6.07) is 11.6. The van der Waals surface area contributed by atoms with Crippen molar-refractivity contribution in [3.63, 3.8) is 0 Å². The second kappa shape index (κ2) is 9.62. The van der Waals surface area contributed by atoms with Gasteiger partial charge in [-0.2, -0.15) is 0 Å². The molecule has 6 nitrogen and oxygen atoms in total. The first-order chi connectivity index (χ1) is 15.0. The molecule has 0 unspecified atom stereocenters. The number of nitrogens with zero attached hydrogens (tertiary/aromatic N) is 1. The van der Waals surface area contributed by atoms with E-state index in [9.17, 15) is 4.79 Å². The van der Waals surface area contributed by atoms with Gasteiger partial charge >= 0.3 is 0 Å². The number of aromatic amines is 1. The molecule has 1 saturated heterocycles. The fraction of sp³-hybridized carbons (Fsp3) is 0.375. The number of H-pyrrole nitrogens is 1. The second-order valence-electron chi connectivity index (χ2n) is 8.18. The number of carbonyl (C=O) groups excluding carboxylic acids is 1. The maximum atomic E-state index is 12.6. The van der Waals surface area contributed by atoms with Crippen LogP contribution >= 0.6 is 11.6 Å². The second-order valence-corrected chi connectivity index (χ2v) is 8.59. The average Bonchev–Trinajstić information content (AvgIpc) is 3.21. The summed E-state index contributed by atoms with van der Waals surface area (Å²) in [6.07, 6.45) is 5.33. The van der Waals surface area contributed by atoms with E-state index in [1.807, 2.05) is 0 Å². The Labute approximate surface area is 187 Å². The number of hydrogen-bond acceptors (Lipinski definition) is 4. The average molecular weight is 441 g/mol. The van der Waals surface area contributed by atoms with Crippen LogP contribution in [0.3, 0.4) is 0 Å². The summed E-state index contributed by atoms with van der Waals surface area (Å²) in [7, 11) is 1.52. The predicted octanol–water partition coefficient (Wildman–Crippen LogP) is 4.10. The first-order valence-electron chi connectivity index (χ1n) is 10.7. The van der Waals surface area contributed by atoms with Crippen LogP contribution in [0.1, 0.15) is 28.8 Å². The molecule has 7 heteroatoms. The summed E-state index contributed by atoms with van der Waals surface area (Å²) < 4.78 is 5.28. The first kappa shape index (κ1) is 21.5. The zero-order valence-electron chi connectivity index (χ0n) is 17.8. The van der Waals surface area contributed by atoms with E-state index in [0.29, 0.717) is 34.5 Å². The standard InChI is InChI=1S/C24H29ClN4O2/c1-31-23-13-21(26)20(25)12-19(23)24(30)28-14-16-6-9-29(10-7-16)11-8-17-15-27-22-5-3-2-4-18(17)22/h2-5,12-13,15-16,27H,6-11,14,26H2,1H3,(H,28,30). The molecule has 2 heterocycles. The van der Waals surface area contributed by atoms with E-state index in [-0.39, 0.29) is 5.91 Å². The Morgan fingerprint density at radius 1 is 1.29 bits per heavy atom. The van der Waals surface area contributed by atoms with Crippen LogP contribution in [0.2, 0.25) is 5.02 Å². The molecule has 2 aromatic carbocycles. The molecule has 0 aliphatic carbocycles. The summed E-state index contributed by atoms with van der Waals surface area (Å²) >= 11 is 6.08. The Bertz CT molecular complexity index is 1060. The number of para-hydroxylation sites is 1. The smallest absolute Gasteiger partial charge is 0.255 e. The molecule has 1 aliphatic heterocycles. The summed E-state index contributed by atoms with van der Waals surface area (Å²) in [5.41, 5.74) is 9.19. The lowest BCUT2D eigenvalue weighted by Gasteiger charge is -2.32. The van der Waals surface area contributed by atoms with Crippen molar-refractivity contribution in [3.8, 4) is 5.75 Å². The molecule has 4 N–H and O–H groups in total. The summed E-state index contributed by atoms with van der Waals surface area (Å²) in [5.74, 6) is 0.732. The maximum Gasteiger partial charge on any atom is 0.255 e. The molecule has 0 saturated carbocycles. The highest BCUT2D eigenvalue weighted by Crippen LogP contribution is 2.29. The number of likely N-dealkylation sites (tertiary alicyclic amines) is 1. The van der Waals surface area contributed by atoms with Gasteiger partial charge in [0, 0.05) is 36.3 Å². The summed E-state index contributed by atoms with van der Waals surface area (Å²) in [6.45, 7) is 3.82. The summed E-state index contributed by atoms with van der Waals surface area (Å²) in [5, 5.41) is 4.71. The number of carbonyl (C=O) groups is 1. The topological polar surface area (TPSA) is 83.4 Å². The van der Waals surface area contributed by atoms with Crippen molar-refractivity contribution in [2.24, 2.45) is 5.92 Å². The number of fused-ring (bicyclic) bond motifs is 1. The van der Waals surface area contributed by atoms with Gasteiger partial charge in [-0.05, 0) is 56.0 Å². The van der Waals surface area contributed by atoms with Gasteiger partial charge in [0.15, 0.2) is 0 Å². The lowest BCUT2D eigenvalue weighted by molar-refractivity contribution is 0.0933.